The van der Waals surface area contributed by atoms with Crippen LogP contribution in [0.4, 0.5) is 0 Å². The fraction of sp³-hybridized carbons (Fsp3) is 0.165. The molecule has 8 aromatic heterocycles. The number of hydrogen-bond donors (Lipinski definition) is 7. The molecular weight excluding hydrogens is 1530 g/mol. The number of Topliss-reactive ketones (excluding diaryl/α,β-unsaturated/α-hetero) is 3. The van der Waals surface area contributed by atoms with Gasteiger partial charge in [0.25, 0.3) is 11.8 Å². The Morgan fingerprint density at radius 2 is 0.917 bits per heavy atom. The van der Waals surface area contributed by atoms with Crippen molar-refractivity contribution in [3.05, 3.63) is 256 Å². The highest BCUT2D eigenvalue weighted by Crippen LogP contribution is 2.29. The van der Waals surface area contributed by atoms with Gasteiger partial charge in [0, 0.05) is 89.3 Å². The van der Waals surface area contributed by atoms with E-state index in [2.05, 4.69) is 65.0 Å². The first-order valence-corrected chi connectivity index (χ1v) is 39.4. The fourth-order valence-corrected chi connectivity index (χ4v) is 12.7. The monoisotopic (exact) mass is 1610 g/mol. The maximum Gasteiger partial charge on any atom is 0.264 e. The van der Waals surface area contributed by atoms with Gasteiger partial charge in [-0.3, -0.25) is 29.1 Å². The van der Waals surface area contributed by atoms with Gasteiger partial charge in [0.05, 0.1) is 52.5 Å². The minimum atomic E-state index is -3.53. The average molecular weight is 1610 g/mol. The molecule has 0 aliphatic carbocycles. The van der Waals surface area contributed by atoms with Crippen molar-refractivity contribution in [3.63, 3.8) is 0 Å². The molecule has 0 bridgehead atoms. The van der Waals surface area contributed by atoms with Crippen LogP contribution in [-0.4, -0.2) is 127 Å². The van der Waals surface area contributed by atoms with Crippen LogP contribution in [0.5, 0.6) is 0 Å². The van der Waals surface area contributed by atoms with Gasteiger partial charge in [0.1, 0.15) is 76.2 Å². The molecule has 8 N–H and O–H groups in total. The predicted octanol–water partition coefficient (Wildman–Crippen LogP) is 15.9. The zero-order valence-corrected chi connectivity index (χ0v) is 67.1. The van der Waals surface area contributed by atoms with Gasteiger partial charge in [-0.15, -0.1) is 0 Å². The van der Waals surface area contributed by atoms with Crippen LogP contribution in [0.25, 0.3) is 125 Å². The number of H-pyrrole nitrogens is 6. The molecule has 1 saturated heterocycles. The Morgan fingerprint density at radius 3 is 1.39 bits per heavy atom. The zero-order valence-electron chi connectivity index (χ0n) is 66.3. The van der Waals surface area contributed by atoms with Crippen molar-refractivity contribution in [1.82, 2.24) is 69.9 Å². The lowest BCUT2D eigenvalue weighted by Gasteiger charge is -2.15. The van der Waals surface area contributed by atoms with E-state index in [0.29, 0.717) is 35.4 Å². The first-order chi connectivity index (χ1) is 57.7. The second-order valence-electron chi connectivity index (χ2n) is 28.6. The molecule has 0 radical (unpaired) electrons. The van der Waals surface area contributed by atoms with Gasteiger partial charge in [0.15, 0.2) is 38.5 Å². The number of ketones is 3. The maximum absolute atomic E-state index is 12.3. The average Bonchev–Trinajstić information content (AvgIpc) is 1.54. The lowest BCUT2D eigenvalue weighted by molar-refractivity contribution is -0.125. The van der Waals surface area contributed by atoms with Crippen LogP contribution in [0.2, 0.25) is 0 Å². The molecule has 28 nitrogen and oxygen atoms in total. The van der Waals surface area contributed by atoms with Crippen LogP contribution in [-0.2, 0) is 33.8 Å². The first kappa shape index (κ1) is 86.2. The highest BCUT2D eigenvalue weighted by atomic mass is 32.2. The number of aromatic nitrogens is 13. The summed E-state index contributed by atoms with van der Waals surface area (Å²) in [5, 5.41) is 65.1. The van der Waals surface area contributed by atoms with Crippen LogP contribution in [0, 0.1) is 79.3 Å². The number of primary amides is 1. The van der Waals surface area contributed by atoms with Crippen molar-refractivity contribution in [2.75, 3.05) is 19.3 Å². The molecule has 1 aliphatic rings. The summed E-state index contributed by atoms with van der Waals surface area (Å²) in [5.41, 5.74) is 19.7. The van der Waals surface area contributed by atoms with Crippen molar-refractivity contribution in [2.24, 2.45) is 17.1 Å². The summed E-state index contributed by atoms with van der Waals surface area (Å²) in [6.45, 7) is 12.6. The molecule has 596 valence electrons. The third-order valence-electron chi connectivity index (χ3n) is 18.3. The Labute approximate surface area is 689 Å². The molecule has 1 aliphatic heterocycles. The number of likely N-dealkylation sites (tertiary alicyclic amines) is 1. The van der Waals surface area contributed by atoms with Crippen molar-refractivity contribution in [2.45, 2.75) is 67.2 Å². The SMILES string of the molecule is CC(C)(C)C(=O)/C(C#N)=C/c1ccc(-c2ncnc3nc[nH]c23)cc1.CC(C)CC(=O)/C(C#N)=C/c1ccc2cc[nH]c2c1.CCC(=O)/C(C#N)=C/c1ccc2cn[nH]c2c1.CS(=O)(=O)/C(C#N)=C/c1ccc(-c2ncnc3nc[nH]c23)cc1.N#C/C(=C\c1ccc2[nH]ccc2c1)C(=O)N1CCCC1.N#C/C(=C\c1ccc2[nH]ccc2c1)C(N)=O. The Kier molecular flexibility index (Phi) is 28.9. The van der Waals surface area contributed by atoms with Gasteiger partial charge in [-0.1, -0.05) is 126 Å². The van der Waals surface area contributed by atoms with Gasteiger partial charge in [-0.25, -0.2) is 38.3 Å². The standard InChI is InChI=1S/C19H17N5O.C16H15N3O.C16H16N2O.C15H11N5O2S.C13H11N3O.C12H9N3O/c1-19(2,3)17(25)14(9-20)8-12-4-6-13(7-5-12)15-16-18(23-10-21-15)24-11-22-16;17-11-14(16(20)19-7-1-2-8-19)10-12-3-4-15-13(9-12)5-6-18-15;1-11(2)7-16(19)14(10-17)8-12-3-4-13-5-6-18-15(13)9-12;1-23(21,22)12(7-16)6-10-2-4-11(5-3-10)13-14-15(19-8-17-13)20-9-18-14;1-2-13(17)11(7-14)5-9-3-4-10-8-15-16-12(10)6-9;13-7-10(12(14)16)6-8-1-2-11-9(5-8)3-4-15-11/h4-8,10-11H,1-3H3,(H,21,22,23,24);3-6,9-10,18H,1-2,7-8H2;3-6,8-9,11,18H,7H2,1-2H3;2-6,8-9H,1H3,(H,17,18,19,20);3-6,8H,2H2,1H3,(H,15,16);1-6,15H,(H2,14,16)/b14-8+;14-10+;14-8+;12-6+;11-5+;10-6+. The number of imidazole rings is 2. The fourth-order valence-electron chi connectivity index (χ4n) is 12.1. The molecule has 2 amide bonds. The lowest BCUT2D eigenvalue weighted by atomic mass is 9.86. The van der Waals surface area contributed by atoms with E-state index in [-0.39, 0.29) is 61.9 Å². The third-order valence-corrected chi connectivity index (χ3v) is 19.3. The number of sulfone groups is 1. The molecule has 15 rings (SSSR count). The quantitative estimate of drug-likeness (QED) is 0.0329. The number of carbonyl (C=O) groups is 5. The van der Waals surface area contributed by atoms with Crippen LogP contribution >= 0.6 is 0 Å². The number of amides is 2. The Morgan fingerprint density at radius 1 is 0.483 bits per heavy atom. The third kappa shape index (κ3) is 22.8. The lowest BCUT2D eigenvalue weighted by Crippen LogP contribution is -2.28. The predicted molar refractivity (Wildman–Crippen MR) is 461 cm³/mol. The molecular formula is C91H79N21O7S. The molecule has 9 heterocycles. The molecule has 0 spiro atoms. The molecule has 6 aromatic carbocycles. The molecule has 120 heavy (non-hydrogen) atoms. The maximum atomic E-state index is 12.3. The number of nitrogens with one attached hydrogen (secondary N) is 6. The number of fused-ring (bicyclic) bond motifs is 6. The van der Waals surface area contributed by atoms with Gasteiger partial charge >= 0.3 is 0 Å². The van der Waals surface area contributed by atoms with Gasteiger partial charge < -0.3 is 35.6 Å². The highest BCUT2D eigenvalue weighted by molar-refractivity contribution is 7.95. The van der Waals surface area contributed by atoms with E-state index >= 15 is 0 Å². The smallest absolute Gasteiger partial charge is 0.264 e. The van der Waals surface area contributed by atoms with E-state index in [1.807, 2.05) is 172 Å². The van der Waals surface area contributed by atoms with Crippen LogP contribution in [0.1, 0.15) is 101 Å². The van der Waals surface area contributed by atoms with E-state index in [9.17, 15) is 42.9 Å². The molecule has 0 unspecified atom stereocenters. The number of aromatic amines is 6. The second-order valence-corrected chi connectivity index (χ2v) is 30.5. The van der Waals surface area contributed by atoms with Crippen molar-refractivity contribution in [1.29, 1.82) is 31.6 Å². The van der Waals surface area contributed by atoms with E-state index < -0.39 is 21.2 Å². The minimum Gasteiger partial charge on any atom is -0.365 e. The van der Waals surface area contributed by atoms with Crippen molar-refractivity contribution in [3.8, 4) is 58.9 Å². The summed E-state index contributed by atoms with van der Waals surface area (Å²) < 4.78 is 22.9. The molecule has 0 saturated carbocycles. The number of carbonyl (C=O) groups excluding carboxylic acids is 5. The molecule has 1 fully saturated rings. The number of nitrogens with two attached hydrogens (primary N) is 1. The van der Waals surface area contributed by atoms with Crippen LogP contribution in [0.3, 0.4) is 0 Å². The summed E-state index contributed by atoms with van der Waals surface area (Å²) in [6.07, 6.45) is 26.5. The van der Waals surface area contributed by atoms with E-state index in [4.69, 9.17) is 26.8 Å². The number of allylic oxidation sites excluding steroid dienone is 4. The molecule has 14 aromatic rings. The van der Waals surface area contributed by atoms with Crippen molar-refractivity contribution < 1.29 is 32.4 Å². The van der Waals surface area contributed by atoms with Crippen molar-refractivity contribution >= 4 is 141 Å². The normalized spacial score (nSPS) is 12.5. The van der Waals surface area contributed by atoms with Gasteiger partial charge in [-0.2, -0.15) is 36.7 Å². The summed E-state index contributed by atoms with van der Waals surface area (Å²) >= 11 is 0. The minimum absolute atomic E-state index is 0.0464. The van der Waals surface area contributed by atoms with E-state index in [0.717, 1.165) is 131 Å². The number of nitrogens with zero attached hydrogens (tertiary/aromatic N) is 14. The first-order valence-electron chi connectivity index (χ1n) is 37.5. The Bertz CT molecular complexity index is 6760. The van der Waals surface area contributed by atoms with Crippen LogP contribution in [0.15, 0.2) is 222 Å². The van der Waals surface area contributed by atoms with E-state index in [1.165, 1.54) is 24.8 Å². The van der Waals surface area contributed by atoms with Gasteiger partial charge in [-0.05, 0) is 159 Å². The summed E-state index contributed by atoms with van der Waals surface area (Å²) in [6, 6.07) is 54.7. The Hall–Kier alpha value is -16.2. The van der Waals surface area contributed by atoms with Crippen LogP contribution < -0.4 is 5.73 Å². The summed E-state index contributed by atoms with van der Waals surface area (Å²) in [4.78, 5) is 100. The second kappa shape index (κ2) is 40.2. The number of benzene rings is 6. The van der Waals surface area contributed by atoms with E-state index in [1.54, 1.807) is 112 Å². The summed E-state index contributed by atoms with van der Waals surface area (Å²) in [5.74, 6) is -1.01. The number of nitriles is 6. The highest BCUT2D eigenvalue weighted by Gasteiger charge is 2.26. The topological polar surface area (TPSA) is 476 Å². The largest absolute Gasteiger partial charge is 0.365 e. The molecule has 0 atom stereocenters. The Balaban J connectivity index is 0.000000152. The van der Waals surface area contributed by atoms with Gasteiger partial charge in [0.2, 0.25) is 0 Å². The molecule has 29 heteroatoms. The summed E-state index contributed by atoms with van der Waals surface area (Å²) in [7, 11) is -3.53. The number of rotatable bonds is 17. The zero-order chi connectivity index (χ0) is 86.0. The number of hydrogen-bond acceptors (Lipinski definition) is 20.